The van der Waals surface area contributed by atoms with Crippen molar-refractivity contribution in [2.24, 2.45) is 0 Å². The molecule has 0 aromatic heterocycles. The van der Waals surface area contributed by atoms with E-state index in [2.05, 4.69) is 0 Å². The first kappa shape index (κ1) is 16.1. The number of hydrogen-bond donors (Lipinski definition) is 0. The Balaban J connectivity index is 2.11. The predicted molar refractivity (Wildman–Crippen MR) is 79.5 cm³/mol. The normalized spacial score (nSPS) is 21.0. The zero-order valence-corrected chi connectivity index (χ0v) is 12.5. The van der Waals surface area contributed by atoms with E-state index >= 15 is 0 Å². The average Bonchev–Trinajstić information content (AvgIpc) is 2.65. The molecule has 0 aliphatic carbocycles. The molecule has 0 N–H and O–H groups in total. The topological polar surface area (TPSA) is 20.3 Å². The van der Waals surface area contributed by atoms with Crippen molar-refractivity contribution in [3.8, 4) is 0 Å². The summed E-state index contributed by atoms with van der Waals surface area (Å²) in [6.07, 6.45) is 4.22. The maximum atomic E-state index is 14.5. The van der Waals surface area contributed by atoms with Gasteiger partial charge in [-0.05, 0) is 26.3 Å². The van der Waals surface area contributed by atoms with Crippen molar-refractivity contribution in [1.82, 2.24) is 4.90 Å². The molecule has 0 spiro atoms. The smallest absolute Gasteiger partial charge is 0.285 e. The van der Waals surface area contributed by atoms with Gasteiger partial charge in [0.1, 0.15) is 5.78 Å². The van der Waals surface area contributed by atoms with E-state index in [1.807, 2.05) is 4.90 Å². The van der Waals surface area contributed by atoms with E-state index in [1.165, 1.54) is 12.1 Å². The molecule has 1 unspecified atom stereocenters. The van der Waals surface area contributed by atoms with Gasteiger partial charge in [0, 0.05) is 18.0 Å². The van der Waals surface area contributed by atoms with Gasteiger partial charge >= 0.3 is 0 Å². The third-order valence-corrected chi connectivity index (χ3v) is 4.12. The second-order valence-corrected chi connectivity index (χ2v) is 5.95. The van der Waals surface area contributed by atoms with Crippen molar-refractivity contribution in [3.05, 3.63) is 35.9 Å². The summed E-state index contributed by atoms with van der Waals surface area (Å²) in [5, 5.41) is 0. The predicted octanol–water partition coefficient (Wildman–Crippen LogP) is 4.00. The molecule has 1 saturated heterocycles. The molecule has 4 heteroatoms. The van der Waals surface area contributed by atoms with E-state index in [-0.39, 0.29) is 23.9 Å². The van der Waals surface area contributed by atoms with Crippen LogP contribution in [0.4, 0.5) is 8.78 Å². The zero-order chi connectivity index (χ0) is 15.3. The molecule has 1 aromatic rings. The number of hydrogen-bond acceptors (Lipinski definition) is 2. The van der Waals surface area contributed by atoms with E-state index in [9.17, 15) is 13.6 Å². The number of benzene rings is 1. The maximum Gasteiger partial charge on any atom is 0.285 e. The fourth-order valence-corrected chi connectivity index (χ4v) is 3.04. The summed E-state index contributed by atoms with van der Waals surface area (Å²) >= 11 is 0. The van der Waals surface area contributed by atoms with Crippen LogP contribution in [0.3, 0.4) is 0 Å². The molecule has 0 saturated carbocycles. The Morgan fingerprint density at radius 1 is 1.24 bits per heavy atom. The van der Waals surface area contributed by atoms with Crippen molar-refractivity contribution in [1.29, 1.82) is 0 Å². The number of halogens is 2. The fourth-order valence-electron chi connectivity index (χ4n) is 3.04. The highest BCUT2D eigenvalue weighted by Gasteiger charge is 2.36. The van der Waals surface area contributed by atoms with Gasteiger partial charge in [0.25, 0.3) is 5.92 Å². The van der Waals surface area contributed by atoms with Crippen molar-refractivity contribution in [2.75, 3.05) is 13.1 Å². The van der Waals surface area contributed by atoms with Gasteiger partial charge < -0.3 is 0 Å². The monoisotopic (exact) mass is 295 g/mol. The van der Waals surface area contributed by atoms with Crippen LogP contribution in [-0.4, -0.2) is 29.8 Å². The van der Waals surface area contributed by atoms with Gasteiger partial charge in [0.2, 0.25) is 0 Å². The summed E-state index contributed by atoms with van der Waals surface area (Å²) in [4.78, 5) is 13.2. The maximum absolute atomic E-state index is 14.5. The quantitative estimate of drug-likeness (QED) is 0.818. The summed E-state index contributed by atoms with van der Waals surface area (Å²) in [5.41, 5.74) is 0.0517. The van der Waals surface area contributed by atoms with Gasteiger partial charge in [-0.25, -0.2) is 0 Å². The van der Waals surface area contributed by atoms with Crippen molar-refractivity contribution in [3.63, 3.8) is 0 Å². The number of ketones is 1. The number of alkyl halides is 2. The highest BCUT2D eigenvalue weighted by Crippen LogP contribution is 2.31. The minimum Gasteiger partial charge on any atom is -0.300 e. The fraction of sp³-hybridized carbons (Fsp3) is 0.588. The number of carbonyl (C=O) groups excluding carboxylic acids is 1. The lowest BCUT2D eigenvalue weighted by atomic mass is 10.0. The van der Waals surface area contributed by atoms with Crippen LogP contribution in [0.25, 0.3) is 0 Å². The number of Topliss-reactive ketones (excluding diaryl/α,β-unsaturated/α-hetero) is 1. The number of rotatable bonds is 5. The van der Waals surface area contributed by atoms with Gasteiger partial charge in [-0.15, -0.1) is 0 Å². The standard InChI is InChI=1S/C17H23F2NO/c1-14(21)12-16-10-6-3-7-11-20(16)13-17(18,19)15-8-4-2-5-9-15/h2,4-5,8-9,16H,3,6-7,10-13H2,1H3. The van der Waals surface area contributed by atoms with Crippen molar-refractivity contribution >= 4 is 5.78 Å². The Morgan fingerprint density at radius 3 is 2.62 bits per heavy atom. The molecular weight excluding hydrogens is 272 g/mol. The van der Waals surface area contributed by atoms with Crippen molar-refractivity contribution < 1.29 is 13.6 Å². The molecule has 0 bridgehead atoms. The molecule has 2 nitrogen and oxygen atoms in total. The first-order valence-corrected chi connectivity index (χ1v) is 7.66. The average molecular weight is 295 g/mol. The highest BCUT2D eigenvalue weighted by atomic mass is 19.3. The lowest BCUT2D eigenvalue weighted by Gasteiger charge is -2.32. The van der Waals surface area contributed by atoms with Crippen LogP contribution in [0, 0.1) is 0 Å². The minimum atomic E-state index is -2.87. The highest BCUT2D eigenvalue weighted by molar-refractivity contribution is 5.76. The van der Waals surface area contributed by atoms with Crippen molar-refractivity contribution in [2.45, 2.75) is 51.0 Å². The SMILES string of the molecule is CC(=O)CC1CCCCCN1CC(F)(F)c1ccccc1. The summed E-state index contributed by atoms with van der Waals surface area (Å²) in [5.74, 6) is -2.80. The third kappa shape index (κ3) is 4.60. The minimum absolute atomic E-state index is 0.0420. The third-order valence-electron chi connectivity index (χ3n) is 4.12. The molecule has 0 amide bonds. The molecule has 1 atom stereocenters. The van der Waals surface area contributed by atoms with Gasteiger partial charge in [0.05, 0.1) is 6.54 Å². The summed E-state index contributed by atoms with van der Waals surface area (Å²) in [6, 6.07) is 7.91. The Bertz CT molecular complexity index is 461. The summed E-state index contributed by atoms with van der Waals surface area (Å²) in [7, 11) is 0. The molecule has 1 aliphatic heterocycles. The Labute approximate surface area is 125 Å². The lowest BCUT2D eigenvalue weighted by molar-refractivity contribution is -0.119. The number of nitrogens with zero attached hydrogens (tertiary/aromatic N) is 1. The Morgan fingerprint density at radius 2 is 1.95 bits per heavy atom. The van der Waals surface area contributed by atoms with Crippen LogP contribution >= 0.6 is 0 Å². The molecule has 116 valence electrons. The van der Waals surface area contributed by atoms with Crippen LogP contribution in [0.2, 0.25) is 0 Å². The number of carbonyl (C=O) groups is 1. The molecule has 1 aliphatic rings. The van der Waals surface area contributed by atoms with Gasteiger partial charge in [-0.3, -0.25) is 9.69 Å². The van der Waals surface area contributed by atoms with Crippen LogP contribution in [0.15, 0.2) is 30.3 Å². The first-order valence-electron chi connectivity index (χ1n) is 7.66. The second-order valence-electron chi connectivity index (χ2n) is 5.95. The zero-order valence-electron chi connectivity index (χ0n) is 12.5. The van der Waals surface area contributed by atoms with Gasteiger partial charge in [-0.2, -0.15) is 8.78 Å². The molecule has 21 heavy (non-hydrogen) atoms. The van der Waals surface area contributed by atoms with Crippen LogP contribution in [-0.2, 0) is 10.7 Å². The van der Waals surface area contributed by atoms with E-state index in [0.717, 1.165) is 25.7 Å². The van der Waals surface area contributed by atoms with Crippen LogP contribution in [0.1, 0.15) is 44.6 Å². The van der Waals surface area contributed by atoms with Gasteiger partial charge in [-0.1, -0.05) is 43.2 Å². The Kier molecular flexibility index (Phi) is 5.45. The van der Waals surface area contributed by atoms with E-state index in [4.69, 9.17) is 0 Å². The van der Waals surface area contributed by atoms with Crippen LogP contribution < -0.4 is 0 Å². The van der Waals surface area contributed by atoms with E-state index < -0.39 is 5.92 Å². The molecule has 2 rings (SSSR count). The number of likely N-dealkylation sites (tertiary alicyclic amines) is 1. The lowest BCUT2D eigenvalue weighted by Crippen LogP contribution is -2.42. The van der Waals surface area contributed by atoms with E-state index in [0.29, 0.717) is 13.0 Å². The summed E-state index contributed by atoms with van der Waals surface area (Å²) in [6.45, 7) is 1.90. The Hall–Kier alpha value is -1.29. The molecular formula is C17H23F2NO. The van der Waals surface area contributed by atoms with E-state index in [1.54, 1.807) is 25.1 Å². The summed E-state index contributed by atoms with van der Waals surface area (Å²) < 4.78 is 28.9. The largest absolute Gasteiger partial charge is 0.300 e. The molecule has 0 radical (unpaired) electrons. The second kappa shape index (κ2) is 7.12. The molecule has 1 heterocycles. The molecule has 1 aromatic carbocycles. The van der Waals surface area contributed by atoms with Crippen LogP contribution in [0.5, 0.6) is 0 Å². The first-order chi connectivity index (χ1) is 9.99. The van der Waals surface area contributed by atoms with Gasteiger partial charge in [0.15, 0.2) is 0 Å². The molecule has 1 fully saturated rings.